The average Bonchev–Trinajstić information content (AvgIpc) is 2.97. The summed E-state index contributed by atoms with van der Waals surface area (Å²) >= 11 is 3.44. The number of nitrogens with one attached hydrogen (secondary N) is 1. The molecule has 0 amide bonds. The molecule has 1 heterocycles. The standard InChI is InChI=1S/C12H17BrN2/c1-8(2)12(9-3-4-9)15-11-5-10(13)6-14-7-11/h5-9,12,15H,3-4H2,1-2H3. The molecule has 3 heteroatoms. The number of aromatic nitrogens is 1. The lowest BCUT2D eigenvalue weighted by Crippen LogP contribution is -2.27. The third-order valence-corrected chi connectivity index (χ3v) is 3.32. The molecular weight excluding hydrogens is 252 g/mol. The van der Waals surface area contributed by atoms with Crippen LogP contribution in [0.25, 0.3) is 0 Å². The number of hydrogen-bond acceptors (Lipinski definition) is 2. The van der Waals surface area contributed by atoms with Gasteiger partial charge < -0.3 is 5.32 Å². The van der Waals surface area contributed by atoms with E-state index in [1.165, 1.54) is 12.8 Å². The van der Waals surface area contributed by atoms with E-state index in [0.29, 0.717) is 12.0 Å². The van der Waals surface area contributed by atoms with Gasteiger partial charge in [0.2, 0.25) is 0 Å². The van der Waals surface area contributed by atoms with Gasteiger partial charge in [0.15, 0.2) is 0 Å². The van der Waals surface area contributed by atoms with Crippen LogP contribution in [0.5, 0.6) is 0 Å². The Hall–Kier alpha value is -0.570. The van der Waals surface area contributed by atoms with E-state index in [1.54, 1.807) is 0 Å². The minimum atomic E-state index is 0.598. The molecule has 15 heavy (non-hydrogen) atoms. The van der Waals surface area contributed by atoms with Crippen molar-refractivity contribution in [1.82, 2.24) is 4.98 Å². The lowest BCUT2D eigenvalue weighted by atomic mass is 9.99. The number of anilines is 1. The first-order valence-electron chi connectivity index (χ1n) is 5.54. The van der Waals surface area contributed by atoms with Gasteiger partial charge >= 0.3 is 0 Å². The first kappa shape index (κ1) is 10.9. The molecule has 0 bridgehead atoms. The van der Waals surface area contributed by atoms with Crippen molar-refractivity contribution in [3.8, 4) is 0 Å². The zero-order valence-electron chi connectivity index (χ0n) is 9.20. The molecule has 82 valence electrons. The molecule has 1 atom stereocenters. The van der Waals surface area contributed by atoms with E-state index < -0.39 is 0 Å². The largest absolute Gasteiger partial charge is 0.380 e. The molecular formula is C12H17BrN2. The molecule has 1 aliphatic carbocycles. The van der Waals surface area contributed by atoms with E-state index >= 15 is 0 Å². The van der Waals surface area contributed by atoms with Crippen LogP contribution in [-0.2, 0) is 0 Å². The number of pyridine rings is 1. The second-order valence-electron chi connectivity index (χ2n) is 4.64. The Morgan fingerprint density at radius 2 is 2.13 bits per heavy atom. The Kier molecular flexibility index (Phi) is 3.29. The van der Waals surface area contributed by atoms with Gasteiger partial charge in [-0.25, -0.2) is 0 Å². The highest BCUT2D eigenvalue weighted by Gasteiger charge is 2.32. The van der Waals surface area contributed by atoms with Crippen LogP contribution in [0.1, 0.15) is 26.7 Å². The fourth-order valence-corrected chi connectivity index (χ4v) is 2.33. The minimum absolute atomic E-state index is 0.598. The van der Waals surface area contributed by atoms with Gasteiger partial charge in [-0.15, -0.1) is 0 Å². The molecule has 0 aliphatic heterocycles. The van der Waals surface area contributed by atoms with Crippen LogP contribution in [0.2, 0.25) is 0 Å². The summed E-state index contributed by atoms with van der Waals surface area (Å²) in [6, 6.07) is 2.69. The lowest BCUT2D eigenvalue weighted by molar-refractivity contribution is 0.476. The van der Waals surface area contributed by atoms with Crippen molar-refractivity contribution in [3.05, 3.63) is 22.9 Å². The summed E-state index contributed by atoms with van der Waals surface area (Å²) in [6.07, 6.45) is 6.45. The summed E-state index contributed by atoms with van der Waals surface area (Å²) in [6.45, 7) is 4.56. The summed E-state index contributed by atoms with van der Waals surface area (Å²) in [4.78, 5) is 4.17. The lowest BCUT2D eigenvalue weighted by Gasteiger charge is -2.23. The third kappa shape index (κ3) is 2.94. The van der Waals surface area contributed by atoms with E-state index in [-0.39, 0.29) is 0 Å². The van der Waals surface area contributed by atoms with Crippen LogP contribution in [-0.4, -0.2) is 11.0 Å². The van der Waals surface area contributed by atoms with Gasteiger partial charge in [0, 0.05) is 16.7 Å². The monoisotopic (exact) mass is 268 g/mol. The Bertz CT molecular complexity index is 332. The Morgan fingerprint density at radius 1 is 1.40 bits per heavy atom. The molecule has 1 fully saturated rings. The maximum atomic E-state index is 4.17. The van der Waals surface area contributed by atoms with Crippen LogP contribution in [0.4, 0.5) is 5.69 Å². The van der Waals surface area contributed by atoms with Crippen molar-refractivity contribution >= 4 is 21.6 Å². The Labute approximate surface area is 99.6 Å². The fourth-order valence-electron chi connectivity index (χ4n) is 1.97. The molecule has 2 nitrogen and oxygen atoms in total. The van der Waals surface area contributed by atoms with E-state index in [1.807, 2.05) is 12.4 Å². The van der Waals surface area contributed by atoms with Gasteiger partial charge in [-0.2, -0.15) is 0 Å². The quantitative estimate of drug-likeness (QED) is 0.901. The predicted octanol–water partition coefficient (Wildman–Crippen LogP) is 3.69. The molecule has 0 aromatic carbocycles. The molecule has 1 unspecified atom stereocenters. The topological polar surface area (TPSA) is 24.9 Å². The summed E-state index contributed by atoms with van der Waals surface area (Å²) in [7, 11) is 0. The molecule has 1 saturated carbocycles. The van der Waals surface area contributed by atoms with E-state index in [9.17, 15) is 0 Å². The summed E-state index contributed by atoms with van der Waals surface area (Å²) in [5.74, 6) is 1.54. The van der Waals surface area contributed by atoms with Gasteiger partial charge in [-0.3, -0.25) is 4.98 Å². The Morgan fingerprint density at radius 3 is 2.67 bits per heavy atom. The molecule has 0 saturated heterocycles. The minimum Gasteiger partial charge on any atom is -0.380 e. The fraction of sp³-hybridized carbons (Fsp3) is 0.583. The number of halogens is 1. The average molecular weight is 269 g/mol. The highest BCUT2D eigenvalue weighted by molar-refractivity contribution is 9.10. The first-order chi connectivity index (χ1) is 7.16. The van der Waals surface area contributed by atoms with Crippen molar-refractivity contribution in [2.75, 3.05) is 5.32 Å². The van der Waals surface area contributed by atoms with E-state index in [2.05, 4.69) is 46.1 Å². The maximum Gasteiger partial charge on any atom is 0.0540 e. The van der Waals surface area contributed by atoms with Crippen molar-refractivity contribution in [3.63, 3.8) is 0 Å². The third-order valence-electron chi connectivity index (χ3n) is 2.89. The summed E-state index contributed by atoms with van der Waals surface area (Å²) in [5, 5.41) is 3.59. The van der Waals surface area contributed by atoms with Crippen LogP contribution in [0.3, 0.4) is 0 Å². The second-order valence-corrected chi connectivity index (χ2v) is 5.56. The SMILES string of the molecule is CC(C)C(Nc1cncc(Br)c1)C1CC1. The van der Waals surface area contributed by atoms with Gasteiger partial charge in [-0.05, 0) is 46.7 Å². The molecule has 0 spiro atoms. The Balaban J connectivity index is 2.05. The van der Waals surface area contributed by atoms with Crippen molar-refractivity contribution in [1.29, 1.82) is 0 Å². The van der Waals surface area contributed by atoms with Gasteiger partial charge in [0.05, 0.1) is 11.9 Å². The predicted molar refractivity (Wildman–Crippen MR) is 66.9 cm³/mol. The number of hydrogen-bond donors (Lipinski definition) is 1. The zero-order valence-corrected chi connectivity index (χ0v) is 10.8. The number of nitrogens with zero attached hydrogens (tertiary/aromatic N) is 1. The first-order valence-corrected chi connectivity index (χ1v) is 6.33. The van der Waals surface area contributed by atoms with Gasteiger partial charge in [-0.1, -0.05) is 13.8 Å². The summed E-state index contributed by atoms with van der Waals surface area (Å²) < 4.78 is 1.03. The van der Waals surface area contributed by atoms with E-state index in [0.717, 1.165) is 16.1 Å². The van der Waals surface area contributed by atoms with Crippen molar-refractivity contribution in [2.45, 2.75) is 32.7 Å². The molecule has 0 radical (unpaired) electrons. The van der Waals surface area contributed by atoms with Crippen LogP contribution < -0.4 is 5.32 Å². The number of rotatable bonds is 4. The van der Waals surface area contributed by atoms with Crippen molar-refractivity contribution in [2.24, 2.45) is 11.8 Å². The van der Waals surface area contributed by atoms with E-state index in [4.69, 9.17) is 0 Å². The smallest absolute Gasteiger partial charge is 0.0540 e. The van der Waals surface area contributed by atoms with Crippen LogP contribution in [0, 0.1) is 11.8 Å². The van der Waals surface area contributed by atoms with Crippen molar-refractivity contribution < 1.29 is 0 Å². The molecule has 1 N–H and O–H groups in total. The van der Waals surface area contributed by atoms with Crippen LogP contribution in [0.15, 0.2) is 22.9 Å². The highest BCUT2D eigenvalue weighted by Crippen LogP contribution is 2.37. The molecule has 1 aromatic rings. The molecule has 1 aromatic heterocycles. The highest BCUT2D eigenvalue weighted by atomic mass is 79.9. The molecule has 1 aliphatic rings. The van der Waals surface area contributed by atoms with Crippen LogP contribution >= 0.6 is 15.9 Å². The maximum absolute atomic E-state index is 4.17. The molecule has 2 rings (SSSR count). The normalized spacial score (nSPS) is 17.9. The zero-order chi connectivity index (χ0) is 10.8. The van der Waals surface area contributed by atoms with Gasteiger partial charge in [0.25, 0.3) is 0 Å². The summed E-state index contributed by atoms with van der Waals surface area (Å²) in [5.41, 5.74) is 1.12. The second kappa shape index (κ2) is 4.52. The van der Waals surface area contributed by atoms with Gasteiger partial charge in [0.1, 0.15) is 0 Å².